The van der Waals surface area contributed by atoms with Crippen molar-refractivity contribution >= 4 is 17.7 Å². The summed E-state index contributed by atoms with van der Waals surface area (Å²) in [6.07, 6.45) is 2.46. The SMILES string of the molecule is COC(=O)Cc1ccccc1CN(C)CCSC. The molecule has 0 aliphatic heterocycles. The number of hydrogen-bond acceptors (Lipinski definition) is 4. The molecule has 0 saturated heterocycles. The second-order valence-electron chi connectivity index (χ2n) is 4.25. The molecule has 0 aliphatic rings. The maximum absolute atomic E-state index is 11.4. The van der Waals surface area contributed by atoms with E-state index in [1.165, 1.54) is 12.7 Å². The average molecular weight is 267 g/mol. The van der Waals surface area contributed by atoms with Gasteiger partial charge in [0.1, 0.15) is 0 Å². The van der Waals surface area contributed by atoms with Gasteiger partial charge in [-0.15, -0.1) is 0 Å². The third kappa shape index (κ3) is 5.10. The van der Waals surface area contributed by atoms with Crippen LogP contribution in [-0.2, 0) is 22.5 Å². The lowest BCUT2D eigenvalue weighted by Gasteiger charge is -2.18. The number of thioether (sulfide) groups is 1. The van der Waals surface area contributed by atoms with Crippen molar-refractivity contribution < 1.29 is 9.53 Å². The summed E-state index contributed by atoms with van der Waals surface area (Å²) in [5, 5.41) is 0. The number of rotatable bonds is 7. The molecule has 1 aromatic carbocycles. The fourth-order valence-corrected chi connectivity index (χ4v) is 2.22. The lowest BCUT2D eigenvalue weighted by molar-refractivity contribution is -0.139. The Morgan fingerprint density at radius 3 is 2.61 bits per heavy atom. The summed E-state index contributed by atoms with van der Waals surface area (Å²) in [5.74, 6) is 0.935. The van der Waals surface area contributed by atoms with Crippen molar-refractivity contribution in [2.45, 2.75) is 13.0 Å². The van der Waals surface area contributed by atoms with E-state index < -0.39 is 0 Å². The van der Waals surface area contributed by atoms with Crippen molar-refractivity contribution in [3.8, 4) is 0 Å². The zero-order valence-electron chi connectivity index (χ0n) is 11.3. The lowest BCUT2D eigenvalue weighted by Crippen LogP contribution is -2.21. The topological polar surface area (TPSA) is 29.5 Å². The smallest absolute Gasteiger partial charge is 0.309 e. The Morgan fingerprint density at radius 2 is 2.00 bits per heavy atom. The van der Waals surface area contributed by atoms with Crippen LogP contribution >= 0.6 is 11.8 Å². The fourth-order valence-electron chi connectivity index (χ4n) is 1.73. The summed E-state index contributed by atoms with van der Waals surface area (Å²) in [6.45, 7) is 1.92. The van der Waals surface area contributed by atoms with Crippen LogP contribution < -0.4 is 0 Å². The maximum Gasteiger partial charge on any atom is 0.309 e. The monoisotopic (exact) mass is 267 g/mol. The van der Waals surface area contributed by atoms with Crippen LogP contribution in [0.15, 0.2) is 24.3 Å². The van der Waals surface area contributed by atoms with Crippen molar-refractivity contribution in [2.75, 3.05) is 32.7 Å². The molecule has 1 rings (SSSR count). The number of esters is 1. The predicted molar refractivity (Wildman–Crippen MR) is 76.9 cm³/mol. The highest BCUT2D eigenvalue weighted by atomic mass is 32.2. The van der Waals surface area contributed by atoms with Gasteiger partial charge < -0.3 is 9.64 Å². The first-order valence-corrected chi connectivity index (χ1v) is 7.37. The van der Waals surface area contributed by atoms with E-state index in [1.807, 2.05) is 30.0 Å². The summed E-state index contributed by atoms with van der Waals surface area (Å²) < 4.78 is 4.72. The summed E-state index contributed by atoms with van der Waals surface area (Å²) in [7, 11) is 3.53. The van der Waals surface area contributed by atoms with Crippen LogP contribution in [0.5, 0.6) is 0 Å². The van der Waals surface area contributed by atoms with E-state index in [0.717, 1.165) is 24.4 Å². The second-order valence-corrected chi connectivity index (χ2v) is 5.24. The zero-order valence-corrected chi connectivity index (χ0v) is 12.1. The van der Waals surface area contributed by atoms with Gasteiger partial charge in [-0.3, -0.25) is 4.79 Å². The molecule has 18 heavy (non-hydrogen) atoms. The summed E-state index contributed by atoms with van der Waals surface area (Å²) >= 11 is 1.84. The number of carbonyl (C=O) groups is 1. The Balaban J connectivity index is 2.66. The van der Waals surface area contributed by atoms with Crippen LogP contribution in [0.1, 0.15) is 11.1 Å². The molecule has 3 nitrogen and oxygen atoms in total. The Kier molecular flexibility index (Phi) is 6.83. The Bertz CT molecular complexity index is 382. The van der Waals surface area contributed by atoms with Gasteiger partial charge in [0.05, 0.1) is 13.5 Å². The predicted octanol–water partition coefficient (Wildman–Crippen LogP) is 2.20. The van der Waals surface area contributed by atoms with Gasteiger partial charge in [-0.25, -0.2) is 0 Å². The van der Waals surface area contributed by atoms with Gasteiger partial charge in [0, 0.05) is 18.8 Å². The van der Waals surface area contributed by atoms with E-state index in [4.69, 9.17) is 4.74 Å². The highest BCUT2D eigenvalue weighted by Gasteiger charge is 2.09. The summed E-state index contributed by atoms with van der Waals surface area (Å²) in [6, 6.07) is 8.05. The number of benzene rings is 1. The molecule has 0 unspecified atom stereocenters. The Labute approximate surface area is 114 Å². The van der Waals surface area contributed by atoms with Crippen LogP contribution in [0, 0.1) is 0 Å². The van der Waals surface area contributed by atoms with Crippen LogP contribution in [0.2, 0.25) is 0 Å². The Morgan fingerprint density at radius 1 is 1.33 bits per heavy atom. The van der Waals surface area contributed by atoms with E-state index in [0.29, 0.717) is 6.42 Å². The highest BCUT2D eigenvalue weighted by Crippen LogP contribution is 2.12. The molecular formula is C14H21NO2S. The van der Waals surface area contributed by atoms with E-state index in [-0.39, 0.29) is 5.97 Å². The van der Waals surface area contributed by atoms with E-state index in [1.54, 1.807) is 0 Å². The van der Waals surface area contributed by atoms with Crippen LogP contribution in [-0.4, -0.2) is 43.6 Å². The van der Waals surface area contributed by atoms with Gasteiger partial charge in [0.2, 0.25) is 0 Å². The Hall–Kier alpha value is -1.00. The largest absolute Gasteiger partial charge is 0.469 e. The standard InChI is InChI=1S/C14H21NO2S/c1-15(8-9-18-3)11-13-7-5-4-6-12(13)10-14(16)17-2/h4-7H,8-11H2,1-3H3. The van der Waals surface area contributed by atoms with Crippen LogP contribution in [0.25, 0.3) is 0 Å². The van der Waals surface area contributed by atoms with Crippen molar-refractivity contribution in [1.82, 2.24) is 4.90 Å². The van der Waals surface area contributed by atoms with Crippen molar-refractivity contribution in [3.63, 3.8) is 0 Å². The minimum atomic E-state index is -0.186. The minimum absolute atomic E-state index is 0.186. The van der Waals surface area contributed by atoms with Crippen molar-refractivity contribution in [2.24, 2.45) is 0 Å². The van der Waals surface area contributed by atoms with Crippen LogP contribution in [0.4, 0.5) is 0 Å². The molecule has 0 aliphatic carbocycles. The molecule has 4 heteroatoms. The van der Waals surface area contributed by atoms with Crippen LogP contribution in [0.3, 0.4) is 0 Å². The zero-order chi connectivity index (χ0) is 13.4. The fraction of sp³-hybridized carbons (Fsp3) is 0.500. The normalized spacial score (nSPS) is 10.7. The molecule has 1 aromatic rings. The van der Waals surface area contributed by atoms with E-state index in [9.17, 15) is 4.79 Å². The molecule has 0 fully saturated rings. The van der Waals surface area contributed by atoms with Crippen molar-refractivity contribution in [1.29, 1.82) is 0 Å². The van der Waals surface area contributed by atoms with Gasteiger partial charge in [-0.05, 0) is 24.4 Å². The van der Waals surface area contributed by atoms with E-state index >= 15 is 0 Å². The molecule has 0 atom stereocenters. The molecule has 0 N–H and O–H groups in total. The summed E-state index contributed by atoms with van der Waals surface area (Å²) in [5.41, 5.74) is 2.26. The molecule has 0 aromatic heterocycles. The highest BCUT2D eigenvalue weighted by molar-refractivity contribution is 7.98. The lowest BCUT2D eigenvalue weighted by atomic mass is 10.0. The van der Waals surface area contributed by atoms with Crippen molar-refractivity contribution in [3.05, 3.63) is 35.4 Å². The first kappa shape index (κ1) is 15.1. The first-order chi connectivity index (χ1) is 8.67. The molecule has 0 heterocycles. The first-order valence-electron chi connectivity index (χ1n) is 5.98. The third-order valence-electron chi connectivity index (χ3n) is 2.80. The molecule has 0 bridgehead atoms. The second kappa shape index (κ2) is 8.16. The quantitative estimate of drug-likeness (QED) is 0.708. The van der Waals surface area contributed by atoms with Gasteiger partial charge in [-0.1, -0.05) is 24.3 Å². The molecule has 0 saturated carbocycles. The number of methoxy groups -OCH3 is 1. The molecule has 0 spiro atoms. The average Bonchev–Trinajstić information content (AvgIpc) is 2.38. The van der Waals surface area contributed by atoms with Gasteiger partial charge in [-0.2, -0.15) is 11.8 Å². The summed E-state index contributed by atoms with van der Waals surface area (Å²) in [4.78, 5) is 13.6. The van der Waals surface area contributed by atoms with Gasteiger partial charge >= 0.3 is 5.97 Å². The minimum Gasteiger partial charge on any atom is -0.469 e. The number of hydrogen-bond donors (Lipinski definition) is 0. The maximum atomic E-state index is 11.4. The van der Waals surface area contributed by atoms with E-state index in [2.05, 4.69) is 24.3 Å². The van der Waals surface area contributed by atoms with Gasteiger partial charge in [0.15, 0.2) is 0 Å². The molecule has 100 valence electrons. The number of nitrogens with zero attached hydrogens (tertiary/aromatic N) is 1. The number of carbonyl (C=O) groups excluding carboxylic acids is 1. The molecule has 0 radical (unpaired) electrons. The third-order valence-corrected chi connectivity index (χ3v) is 3.39. The molecular weight excluding hydrogens is 246 g/mol. The van der Waals surface area contributed by atoms with Gasteiger partial charge in [0.25, 0.3) is 0 Å². The number of ether oxygens (including phenoxy) is 1. The molecule has 0 amide bonds.